The van der Waals surface area contributed by atoms with Crippen molar-refractivity contribution in [2.75, 3.05) is 25.0 Å². The van der Waals surface area contributed by atoms with Crippen LogP contribution in [0.25, 0.3) is 11.0 Å². The number of nitrogens with one attached hydrogen (secondary N) is 1. The molecule has 2 fully saturated rings. The number of hydrogen-bond acceptors (Lipinski definition) is 5. The molecular weight excluding hydrogens is 468 g/mol. The number of aromatic nitrogens is 2. The second-order valence-electron chi connectivity index (χ2n) is 11.1. The first kappa shape index (κ1) is 26.5. The summed E-state index contributed by atoms with van der Waals surface area (Å²) in [7, 11) is 2.07. The molecule has 1 unspecified atom stereocenters. The molecule has 1 N–H and O–H groups in total. The number of hydrogen-bond donors (Lipinski definition) is 1. The van der Waals surface area contributed by atoms with Crippen molar-refractivity contribution in [3.63, 3.8) is 0 Å². The molecule has 6 nitrogen and oxygen atoms in total. The van der Waals surface area contributed by atoms with E-state index in [0.29, 0.717) is 12.0 Å². The van der Waals surface area contributed by atoms with Gasteiger partial charge in [0.1, 0.15) is 11.7 Å². The normalized spacial score (nSPS) is 24.9. The third kappa shape index (κ3) is 6.83. The Morgan fingerprint density at radius 3 is 2.76 bits per heavy atom. The lowest BCUT2D eigenvalue weighted by Crippen LogP contribution is -2.34. The summed E-state index contributed by atoms with van der Waals surface area (Å²) in [4.78, 5) is 19.3. The molecule has 2 aliphatic heterocycles. The van der Waals surface area contributed by atoms with Gasteiger partial charge in [-0.1, -0.05) is 38.3 Å². The molecule has 5 rings (SSSR count). The Bertz CT molecular complexity index is 1190. The molecule has 2 aromatic rings. The van der Waals surface area contributed by atoms with Crippen molar-refractivity contribution in [3.05, 3.63) is 66.4 Å². The minimum absolute atomic E-state index is 0.378. The first-order valence-corrected chi connectivity index (χ1v) is 14.8. The van der Waals surface area contributed by atoms with Crippen LogP contribution in [-0.4, -0.2) is 46.9 Å². The molecule has 2 atom stereocenters. The predicted octanol–water partition coefficient (Wildman–Crippen LogP) is 6.76. The number of aliphatic imine (C=N–C) groups is 1. The predicted molar refractivity (Wildman–Crippen MR) is 159 cm³/mol. The quantitative estimate of drug-likeness (QED) is 0.416. The fourth-order valence-electron chi connectivity index (χ4n) is 6.00. The van der Waals surface area contributed by atoms with Gasteiger partial charge in [0.05, 0.1) is 17.1 Å². The van der Waals surface area contributed by atoms with Crippen LogP contribution in [0, 0.1) is 5.92 Å². The number of rotatable bonds is 7. The summed E-state index contributed by atoms with van der Waals surface area (Å²) in [6, 6.07) is 5.05. The Morgan fingerprint density at radius 2 is 1.89 bits per heavy atom. The van der Waals surface area contributed by atoms with Crippen molar-refractivity contribution >= 4 is 22.6 Å². The van der Waals surface area contributed by atoms with Crippen molar-refractivity contribution < 1.29 is 0 Å². The Kier molecular flexibility index (Phi) is 9.11. The first-order valence-electron chi connectivity index (χ1n) is 14.8. The summed E-state index contributed by atoms with van der Waals surface area (Å²) >= 11 is 0. The van der Waals surface area contributed by atoms with E-state index in [2.05, 4.69) is 71.7 Å². The van der Waals surface area contributed by atoms with Gasteiger partial charge in [-0.25, -0.2) is 0 Å². The Labute approximate surface area is 228 Å². The fourth-order valence-corrected chi connectivity index (χ4v) is 6.00. The monoisotopic (exact) mass is 512 g/mol. The smallest absolute Gasteiger partial charge is 0.128 e. The number of fused-ring (bicyclic) bond motifs is 1. The molecule has 0 radical (unpaired) electrons. The van der Waals surface area contributed by atoms with Gasteiger partial charge in [-0.05, 0) is 87.1 Å². The maximum absolute atomic E-state index is 5.15. The van der Waals surface area contributed by atoms with E-state index in [0.717, 1.165) is 61.5 Å². The molecular formula is C32H44N6. The summed E-state index contributed by atoms with van der Waals surface area (Å²) in [6.45, 7) is 4.51. The fraction of sp³-hybridized carbons (Fsp3) is 0.531. The molecule has 3 aliphatic rings. The number of allylic oxidation sites excluding steroid dienone is 3. The van der Waals surface area contributed by atoms with E-state index in [9.17, 15) is 0 Å². The van der Waals surface area contributed by atoms with Gasteiger partial charge in [-0.3, -0.25) is 15.0 Å². The van der Waals surface area contributed by atoms with Crippen molar-refractivity contribution in [3.8, 4) is 0 Å². The zero-order valence-electron chi connectivity index (χ0n) is 23.3. The van der Waals surface area contributed by atoms with Crippen molar-refractivity contribution in [2.24, 2.45) is 10.9 Å². The Balaban J connectivity index is 1.25. The molecule has 0 amide bonds. The lowest BCUT2D eigenvalue weighted by molar-refractivity contribution is 0.455. The number of anilines is 1. The van der Waals surface area contributed by atoms with E-state index in [1.165, 1.54) is 56.2 Å². The van der Waals surface area contributed by atoms with Crippen molar-refractivity contribution in [2.45, 2.75) is 83.6 Å². The third-order valence-electron chi connectivity index (χ3n) is 8.18. The van der Waals surface area contributed by atoms with Gasteiger partial charge < -0.3 is 15.1 Å². The van der Waals surface area contributed by atoms with Gasteiger partial charge >= 0.3 is 0 Å². The molecule has 6 heteroatoms. The number of piperidine rings is 1. The van der Waals surface area contributed by atoms with E-state index < -0.39 is 0 Å². The van der Waals surface area contributed by atoms with Crippen LogP contribution in [0.1, 0.15) is 76.7 Å². The van der Waals surface area contributed by atoms with Crippen LogP contribution in [0.3, 0.4) is 0 Å². The van der Waals surface area contributed by atoms with Crippen LogP contribution in [0.5, 0.6) is 0 Å². The minimum atomic E-state index is 0.378. The first-order chi connectivity index (χ1) is 18.7. The standard InChI is InChI=1S/C32H44N6/c1-3-4-5-7-13-31-36-30(16-21-37(31)2)35-27-12-10-11-25(14-15-27)22-26-23-28(38-19-8-6-9-20-38)24-29-32(26)34-18-17-33-29/h5,7,13,16-18,21,23-25,27H,3-4,6,8-12,14-15,19-20,22H2,1-2H3,(H,35,36)/b7-5+,31-13-/t25-,27?/m0/s1. The second-order valence-corrected chi connectivity index (χ2v) is 11.1. The summed E-state index contributed by atoms with van der Waals surface area (Å²) in [5, 5.41) is 3.54. The molecule has 0 spiro atoms. The highest BCUT2D eigenvalue weighted by Gasteiger charge is 2.22. The average Bonchev–Trinajstić information content (AvgIpc) is 3.18. The highest BCUT2D eigenvalue weighted by molar-refractivity contribution is 5.95. The van der Waals surface area contributed by atoms with Crippen molar-refractivity contribution in [1.29, 1.82) is 0 Å². The van der Waals surface area contributed by atoms with Crippen LogP contribution >= 0.6 is 0 Å². The van der Waals surface area contributed by atoms with Gasteiger partial charge in [0.2, 0.25) is 0 Å². The zero-order chi connectivity index (χ0) is 26.2. The van der Waals surface area contributed by atoms with Gasteiger partial charge in [0, 0.05) is 44.4 Å². The van der Waals surface area contributed by atoms with Gasteiger partial charge in [-0.2, -0.15) is 0 Å². The van der Waals surface area contributed by atoms with Crippen LogP contribution < -0.4 is 10.2 Å². The molecule has 1 aromatic carbocycles. The van der Waals surface area contributed by atoms with Crippen LogP contribution in [0.4, 0.5) is 5.69 Å². The zero-order valence-corrected chi connectivity index (χ0v) is 23.3. The summed E-state index contributed by atoms with van der Waals surface area (Å²) in [6.07, 6.45) is 27.7. The molecule has 38 heavy (non-hydrogen) atoms. The SMILES string of the molecule is CCC/C=C/C=C1/NC(=NC2CCC[C@H](Cc3cc(N4CCCCC4)cc4nccnc34)CC2)C=CN1C. The topological polar surface area (TPSA) is 56.7 Å². The van der Waals surface area contributed by atoms with E-state index in [-0.39, 0.29) is 0 Å². The van der Waals surface area contributed by atoms with E-state index in [4.69, 9.17) is 15.0 Å². The highest BCUT2D eigenvalue weighted by Crippen LogP contribution is 2.32. The molecule has 1 saturated heterocycles. The summed E-state index contributed by atoms with van der Waals surface area (Å²) in [5.41, 5.74) is 4.83. The molecule has 1 aliphatic carbocycles. The van der Waals surface area contributed by atoms with E-state index >= 15 is 0 Å². The van der Waals surface area contributed by atoms with Gasteiger partial charge in [0.25, 0.3) is 0 Å². The van der Waals surface area contributed by atoms with Gasteiger partial charge in [0.15, 0.2) is 0 Å². The molecule has 0 bridgehead atoms. The maximum atomic E-state index is 5.15. The minimum Gasteiger partial charge on any atom is -0.371 e. The van der Waals surface area contributed by atoms with E-state index in [1.807, 2.05) is 12.4 Å². The van der Waals surface area contributed by atoms with E-state index in [1.54, 1.807) is 0 Å². The summed E-state index contributed by atoms with van der Waals surface area (Å²) < 4.78 is 0. The number of benzene rings is 1. The number of nitrogens with zero attached hydrogens (tertiary/aromatic N) is 5. The van der Waals surface area contributed by atoms with Crippen LogP contribution in [0.15, 0.2) is 65.8 Å². The second kappa shape index (κ2) is 13.1. The number of unbranched alkanes of at least 4 members (excludes halogenated alkanes) is 1. The van der Waals surface area contributed by atoms with Crippen LogP contribution in [0.2, 0.25) is 0 Å². The highest BCUT2D eigenvalue weighted by atomic mass is 15.2. The lowest BCUT2D eigenvalue weighted by atomic mass is 9.91. The molecule has 1 saturated carbocycles. The molecule has 1 aromatic heterocycles. The van der Waals surface area contributed by atoms with Crippen molar-refractivity contribution in [1.82, 2.24) is 20.2 Å². The Morgan fingerprint density at radius 1 is 1.03 bits per heavy atom. The average molecular weight is 513 g/mol. The Hall–Kier alpha value is -3.15. The summed E-state index contributed by atoms with van der Waals surface area (Å²) in [5.74, 6) is 2.73. The number of amidine groups is 1. The van der Waals surface area contributed by atoms with Gasteiger partial charge in [-0.15, -0.1) is 0 Å². The maximum Gasteiger partial charge on any atom is 0.128 e. The molecule has 3 heterocycles. The largest absolute Gasteiger partial charge is 0.371 e. The third-order valence-corrected chi connectivity index (χ3v) is 8.18. The van der Waals surface area contributed by atoms with Crippen LogP contribution in [-0.2, 0) is 6.42 Å². The molecule has 202 valence electrons. The lowest BCUT2D eigenvalue weighted by Gasteiger charge is -2.29.